The van der Waals surface area contributed by atoms with Crippen LogP contribution in [0.15, 0.2) is 61.1 Å². The van der Waals surface area contributed by atoms with Gasteiger partial charge >= 0.3 is 6.03 Å². The zero-order chi connectivity index (χ0) is 19.1. The maximum Gasteiger partial charge on any atom is 0.319 e. The number of benzene rings is 1. The molecule has 7 heteroatoms. The fraction of sp³-hybridized carbons (Fsp3) is 0.250. The third-order valence-corrected chi connectivity index (χ3v) is 3.75. The van der Waals surface area contributed by atoms with Crippen molar-refractivity contribution >= 4 is 11.7 Å². The van der Waals surface area contributed by atoms with Crippen LogP contribution in [0.5, 0.6) is 5.88 Å². The third kappa shape index (κ3) is 5.57. The van der Waals surface area contributed by atoms with Crippen molar-refractivity contribution in [2.45, 2.75) is 33.0 Å². The highest BCUT2D eigenvalue weighted by atomic mass is 16.5. The van der Waals surface area contributed by atoms with Crippen molar-refractivity contribution in [3.8, 4) is 5.88 Å². The molecule has 2 amide bonds. The van der Waals surface area contributed by atoms with Crippen molar-refractivity contribution in [1.29, 1.82) is 0 Å². The highest BCUT2D eigenvalue weighted by Gasteiger charge is 2.10. The minimum absolute atomic E-state index is 0.0243. The average Bonchev–Trinajstić information content (AvgIpc) is 3.15. The Kier molecular flexibility index (Phi) is 6.04. The molecule has 0 radical (unpaired) electrons. The van der Waals surface area contributed by atoms with Gasteiger partial charge < -0.3 is 15.4 Å². The summed E-state index contributed by atoms with van der Waals surface area (Å²) in [6.45, 7) is 4.97. The SMILES string of the molecule is CC(C)Oc1ncccc1NC(=O)NCc1ccc(Cn2cccn2)cc1. The first-order chi connectivity index (χ1) is 13.1. The average molecular weight is 365 g/mol. The van der Waals surface area contributed by atoms with Gasteiger partial charge in [0.05, 0.1) is 12.6 Å². The van der Waals surface area contributed by atoms with Crippen molar-refractivity contribution < 1.29 is 9.53 Å². The van der Waals surface area contributed by atoms with Crippen LogP contribution >= 0.6 is 0 Å². The first kappa shape index (κ1) is 18.4. The summed E-state index contributed by atoms with van der Waals surface area (Å²) in [6, 6.07) is 13.2. The van der Waals surface area contributed by atoms with Crippen LogP contribution in [0.25, 0.3) is 0 Å². The molecule has 2 N–H and O–H groups in total. The lowest BCUT2D eigenvalue weighted by Gasteiger charge is -2.14. The summed E-state index contributed by atoms with van der Waals surface area (Å²) in [5, 5.41) is 9.81. The quantitative estimate of drug-likeness (QED) is 0.672. The van der Waals surface area contributed by atoms with Gasteiger partial charge in [-0.15, -0.1) is 0 Å². The Bertz CT molecular complexity index is 860. The Hall–Kier alpha value is -3.35. The normalized spacial score (nSPS) is 10.6. The van der Waals surface area contributed by atoms with E-state index in [0.29, 0.717) is 18.1 Å². The maximum absolute atomic E-state index is 12.2. The number of nitrogens with one attached hydrogen (secondary N) is 2. The fourth-order valence-corrected chi connectivity index (χ4v) is 2.50. The van der Waals surface area contributed by atoms with Gasteiger partial charge in [-0.2, -0.15) is 5.10 Å². The smallest absolute Gasteiger partial charge is 0.319 e. The number of amides is 2. The Labute approximate surface area is 158 Å². The molecule has 0 fully saturated rings. The van der Waals surface area contributed by atoms with Gasteiger partial charge in [0, 0.05) is 25.1 Å². The molecule has 140 valence electrons. The Morgan fingerprint density at radius 2 is 1.89 bits per heavy atom. The van der Waals surface area contributed by atoms with E-state index in [1.54, 1.807) is 24.5 Å². The summed E-state index contributed by atoms with van der Waals surface area (Å²) >= 11 is 0. The summed E-state index contributed by atoms with van der Waals surface area (Å²) in [4.78, 5) is 16.3. The Morgan fingerprint density at radius 3 is 2.59 bits per heavy atom. The van der Waals surface area contributed by atoms with E-state index in [4.69, 9.17) is 4.74 Å². The Morgan fingerprint density at radius 1 is 1.11 bits per heavy atom. The van der Waals surface area contributed by atoms with Gasteiger partial charge in [0.25, 0.3) is 0 Å². The first-order valence-electron chi connectivity index (χ1n) is 8.82. The zero-order valence-corrected chi connectivity index (χ0v) is 15.4. The largest absolute Gasteiger partial charge is 0.473 e. The van der Waals surface area contributed by atoms with Crippen LogP contribution in [-0.2, 0) is 13.1 Å². The van der Waals surface area contributed by atoms with Gasteiger partial charge in [-0.3, -0.25) is 4.68 Å². The number of anilines is 1. The molecule has 0 saturated heterocycles. The van der Waals surface area contributed by atoms with Crippen molar-refractivity contribution in [2.24, 2.45) is 0 Å². The molecule has 0 aliphatic heterocycles. The molecule has 0 aliphatic rings. The third-order valence-electron chi connectivity index (χ3n) is 3.75. The number of aromatic nitrogens is 3. The van der Waals surface area contributed by atoms with Gasteiger partial charge in [0.1, 0.15) is 5.69 Å². The monoisotopic (exact) mass is 365 g/mol. The van der Waals surface area contributed by atoms with E-state index >= 15 is 0 Å². The first-order valence-corrected chi connectivity index (χ1v) is 8.82. The summed E-state index contributed by atoms with van der Waals surface area (Å²) in [6.07, 6.45) is 5.29. The van der Waals surface area contributed by atoms with Gasteiger partial charge in [0.15, 0.2) is 0 Å². The molecule has 7 nitrogen and oxygen atoms in total. The molecule has 0 unspecified atom stereocenters. The van der Waals surface area contributed by atoms with Crippen LogP contribution < -0.4 is 15.4 Å². The van der Waals surface area contributed by atoms with Crippen LogP contribution in [-0.4, -0.2) is 26.9 Å². The molecular formula is C20H23N5O2. The lowest BCUT2D eigenvalue weighted by molar-refractivity contribution is 0.233. The summed E-state index contributed by atoms with van der Waals surface area (Å²) in [7, 11) is 0. The minimum atomic E-state index is -0.308. The van der Waals surface area contributed by atoms with Crippen molar-refractivity contribution in [3.63, 3.8) is 0 Å². The summed E-state index contributed by atoms with van der Waals surface area (Å²) < 4.78 is 7.47. The lowest BCUT2D eigenvalue weighted by Crippen LogP contribution is -2.28. The number of carbonyl (C=O) groups is 1. The molecule has 0 spiro atoms. The summed E-state index contributed by atoms with van der Waals surface area (Å²) in [5.74, 6) is 0.408. The number of urea groups is 1. The molecular weight excluding hydrogens is 342 g/mol. The van der Waals surface area contributed by atoms with E-state index in [0.717, 1.165) is 17.7 Å². The summed E-state index contributed by atoms with van der Waals surface area (Å²) in [5.41, 5.74) is 2.70. The molecule has 0 aliphatic carbocycles. The second-order valence-electron chi connectivity index (χ2n) is 6.35. The van der Waals surface area contributed by atoms with E-state index in [-0.39, 0.29) is 12.1 Å². The van der Waals surface area contributed by atoms with Crippen LogP contribution in [0, 0.1) is 0 Å². The minimum Gasteiger partial charge on any atom is -0.473 e. The van der Waals surface area contributed by atoms with Crippen LogP contribution in [0.4, 0.5) is 10.5 Å². The molecule has 27 heavy (non-hydrogen) atoms. The highest BCUT2D eigenvalue weighted by molar-refractivity contribution is 5.90. The fourth-order valence-electron chi connectivity index (χ4n) is 2.50. The van der Waals surface area contributed by atoms with E-state index in [1.165, 1.54) is 0 Å². The second kappa shape index (κ2) is 8.84. The topological polar surface area (TPSA) is 81.1 Å². The molecule has 1 aromatic carbocycles. The van der Waals surface area contributed by atoms with Gasteiger partial charge in [-0.25, -0.2) is 9.78 Å². The number of ether oxygens (including phenoxy) is 1. The van der Waals surface area contributed by atoms with E-state index < -0.39 is 0 Å². The number of rotatable bonds is 7. The van der Waals surface area contributed by atoms with Crippen LogP contribution in [0.3, 0.4) is 0 Å². The van der Waals surface area contributed by atoms with E-state index in [1.807, 2.05) is 55.1 Å². The Balaban J connectivity index is 1.52. The lowest BCUT2D eigenvalue weighted by atomic mass is 10.1. The van der Waals surface area contributed by atoms with Gasteiger partial charge in [0.2, 0.25) is 5.88 Å². The maximum atomic E-state index is 12.2. The number of carbonyl (C=O) groups excluding carboxylic acids is 1. The zero-order valence-electron chi connectivity index (χ0n) is 15.4. The molecule has 2 heterocycles. The van der Waals surface area contributed by atoms with Crippen LogP contribution in [0.1, 0.15) is 25.0 Å². The highest BCUT2D eigenvalue weighted by Crippen LogP contribution is 2.21. The number of nitrogens with zero attached hydrogens (tertiary/aromatic N) is 3. The number of pyridine rings is 1. The molecule has 3 aromatic rings. The molecule has 3 rings (SSSR count). The van der Waals surface area contributed by atoms with Crippen molar-refractivity contribution in [2.75, 3.05) is 5.32 Å². The van der Waals surface area contributed by atoms with E-state index in [9.17, 15) is 4.79 Å². The predicted octanol–water partition coefficient (Wildman–Crippen LogP) is 3.44. The predicted molar refractivity (Wildman–Crippen MR) is 104 cm³/mol. The van der Waals surface area contributed by atoms with Crippen LogP contribution in [0.2, 0.25) is 0 Å². The number of hydrogen-bond acceptors (Lipinski definition) is 4. The molecule has 2 aromatic heterocycles. The second-order valence-corrected chi connectivity index (χ2v) is 6.35. The van der Waals surface area contributed by atoms with Crippen molar-refractivity contribution in [1.82, 2.24) is 20.1 Å². The van der Waals surface area contributed by atoms with E-state index in [2.05, 4.69) is 20.7 Å². The molecule has 0 bridgehead atoms. The molecule has 0 atom stereocenters. The standard InChI is InChI=1S/C20H23N5O2/c1-15(2)27-19-18(5-3-10-21-19)24-20(26)22-13-16-6-8-17(9-7-16)14-25-12-4-11-23-25/h3-12,15H,13-14H2,1-2H3,(H2,22,24,26). The number of hydrogen-bond donors (Lipinski definition) is 2. The van der Waals surface area contributed by atoms with Gasteiger partial charge in [-0.1, -0.05) is 24.3 Å². The van der Waals surface area contributed by atoms with Crippen molar-refractivity contribution in [3.05, 3.63) is 72.2 Å². The van der Waals surface area contributed by atoms with Gasteiger partial charge in [-0.05, 0) is 43.2 Å². The molecule has 0 saturated carbocycles.